The Morgan fingerprint density at radius 1 is 1.33 bits per heavy atom. The topological polar surface area (TPSA) is 29.1 Å². The van der Waals surface area contributed by atoms with Crippen LogP contribution in [0.25, 0.3) is 6.08 Å². The van der Waals surface area contributed by atoms with Crippen molar-refractivity contribution in [3.8, 4) is 0 Å². The van der Waals surface area contributed by atoms with Gasteiger partial charge in [-0.15, -0.1) is 11.8 Å². The molecule has 1 amide bonds. The van der Waals surface area contributed by atoms with E-state index in [0.29, 0.717) is 0 Å². The zero-order valence-corrected chi connectivity index (χ0v) is 12.1. The number of amides is 1. The van der Waals surface area contributed by atoms with Crippen LogP contribution in [0.3, 0.4) is 0 Å². The summed E-state index contributed by atoms with van der Waals surface area (Å²) in [5.74, 6) is 0.923. The number of carbonyl (C=O) groups is 1. The fraction of sp³-hybridized carbons (Fsp3) is 0.400. The monoisotopic (exact) mass is 263 g/mol. The zero-order chi connectivity index (χ0) is 13.4. The van der Waals surface area contributed by atoms with Gasteiger partial charge in [-0.25, -0.2) is 0 Å². The molecule has 1 aromatic carbocycles. The molecule has 1 unspecified atom stereocenters. The van der Waals surface area contributed by atoms with Crippen LogP contribution in [-0.4, -0.2) is 17.7 Å². The van der Waals surface area contributed by atoms with Gasteiger partial charge in [0.2, 0.25) is 0 Å². The van der Waals surface area contributed by atoms with E-state index in [9.17, 15) is 4.79 Å². The first-order valence-corrected chi connectivity index (χ1v) is 7.36. The minimum Gasteiger partial charge on any atom is -0.349 e. The molecule has 1 aromatic rings. The lowest BCUT2D eigenvalue weighted by Crippen LogP contribution is -2.32. The molecule has 3 heteroatoms. The van der Waals surface area contributed by atoms with E-state index in [1.165, 1.54) is 0 Å². The van der Waals surface area contributed by atoms with Gasteiger partial charge in [0.05, 0.1) is 4.91 Å². The largest absolute Gasteiger partial charge is 0.349 e. The molecule has 0 radical (unpaired) electrons. The van der Waals surface area contributed by atoms with Crippen LogP contribution in [0.15, 0.2) is 35.2 Å². The molecule has 1 N–H and O–H groups in total. The lowest BCUT2D eigenvalue weighted by molar-refractivity contribution is -0.117. The van der Waals surface area contributed by atoms with Crippen LogP contribution in [0.2, 0.25) is 0 Å². The lowest BCUT2D eigenvalue weighted by atomic mass is 10.2. The van der Waals surface area contributed by atoms with Crippen LogP contribution in [0, 0.1) is 0 Å². The minimum absolute atomic E-state index is 0.0278. The zero-order valence-electron chi connectivity index (χ0n) is 11.3. The number of thioether (sulfide) groups is 1. The third-order valence-electron chi connectivity index (χ3n) is 2.61. The first-order valence-electron chi connectivity index (χ1n) is 6.37. The van der Waals surface area contributed by atoms with Crippen molar-refractivity contribution in [2.24, 2.45) is 0 Å². The van der Waals surface area contributed by atoms with Crippen LogP contribution in [0.5, 0.6) is 0 Å². The molecule has 1 rings (SSSR count). The molecule has 0 saturated carbocycles. The molecule has 0 aliphatic carbocycles. The first-order chi connectivity index (χ1) is 8.67. The molecular weight excluding hydrogens is 242 g/mol. The maximum atomic E-state index is 12.1. The summed E-state index contributed by atoms with van der Waals surface area (Å²) in [6, 6.07) is 10.2. The molecule has 2 nitrogen and oxygen atoms in total. The van der Waals surface area contributed by atoms with Crippen LogP contribution >= 0.6 is 11.8 Å². The van der Waals surface area contributed by atoms with Crippen molar-refractivity contribution in [1.29, 1.82) is 0 Å². The van der Waals surface area contributed by atoms with Crippen molar-refractivity contribution < 1.29 is 4.79 Å². The fourth-order valence-electron chi connectivity index (χ4n) is 1.43. The molecule has 0 saturated heterocycles. The van der Waals surface area contributed by atoms with Gasteiger partial charge in [-0.2, -0.15) is 0 Å². The van der Waals surface area contributed by atoms with E-state index in [1.54, 1.807) is 11.8 Å². The number of hydrogen-bond donors (Lipinski definition) is 1. The summed E-state index contributed by atoms with van der Waals surface area (Å²) < 4.78 is 0. The summed E-state index contributed by atoms with van der Waals surface area (Å²) in [5.41, 5.74) is 1.06. The highest BCUT2D eigenvalue weighted by atomic mass is 32.2. The Kier molecular flexibility index (Phi) is 6.58. The van der Waals surface area contributed by atoms with Gasteiger partial charge in [-0.1, -0.05) is 44.2 Å². The van der Waals surface area contributed by atoms with Crippen molar-refractivity contribution in [2.75, 3.05) is 5.75 Å². The van der Waals surface area contributed by atoms with Crippen LogP contribution in [0.1, 0.15) is 32.8 Å². The molecule has 0 spiro atoms. The summed E-state index contributed by atoms with van der Waals surface area (Å²) >= 11 is 1.58. The average molecular weight is 263 g/mol. The SMILES string of the molecule is CCS/C(=C\c1ccccc1)C(=O)NC(C)CC. The van der Waals surface area contributed by atoms with Gasteiger partial charge >= 0.3 is 0 Å². The van der Waals surface area contributed by atoms with Crippen molar-refractivity contribution in [3.05, 3.63) is 40.8 Å². The van der Waals surface area contributed by atoms with E-state index in [4.69, 9.17) is 0 Å². The number of carbonyl (C=O) groups excluding carboxylic acids is 1. The van der Waals surface area contributed by atoms with Crippen LogP contribution < -0.4 is 5.32 Å². The summed E-state index contributed by atoms with van der Waals surface area (Å²) in [6.45, 7) is 6.15. The van der Waals surface area contributed by atoms with Gasteiger partial charge in [0.25, 0.3) is 5.91 Å². The lowest BCUT2D eigenvalue weighted by Gasteiger charge is -2.13. The van der Waals surface area contributed by atoms with E-state index in [0.717, 1.165) is 22.6 Å². The van der Waals surface area contributed by atoms with Crippen molar-refractivity contribution in [3.63, 3.8) is 0 Å². The van der Waals surface area contributed by atoms with Gasteiger partial charge in [0, 0.05) is 6.04 Å². The highest BCUT2D eigenvalue weighted by molar-refractivity contribution is 8.04. The second kappa shape index (κ2) is 7.98. The number of benzene rings is 1. The summed E-state index contributed by atoms with van der Waals surface area (Å²) in [6.07, 6.45) is 2.90. The Morgan fingerprint density at radius 2 is 2.00 bits per heavy atom. The highest BCUT2D eigenvalue weighted by Crippen LogP contribution is 2.19. The number of rotatable bonds is 6. The molecule has 0 aliphatic rings. The Hall–Kier alpha value is -1.22. The van der Waals surface area contributed by atoms with Gasteiger partial charge in [-0.3, -0.25) is 4.79 Å². The van der Waals surface area contributed by atoms with E-state index < -0.39 is 0 Å². The van der Waals surface area contributed by atoms with Gasteiger partial charge in [0.15, 0.2) is 0 Å². The van der Waals surface area contributed by atoms with E-state index in [-0.39, 0.29) is 11.9 Å². The quantitative estimate of drug-likeness (QED) is 0.793. The van der Waals surface area contributed by atoms with Crippen molar-refractivity contribution >= 4 is 23.7 Å². The Labute approximate surface area is 114 Å². The second-order valence-electron chi connectivity index (χ2n) is 4.14. The second-order valence-corrected chi connectivity index (χ2v) is 5.44. The first kappa shape index (κ1) is 14.8. The molecule has 18 heavy (non-hydrogen) atoms. The summed E-state index contributed by atoms with van der Waals surface area (Å²) in [7, 11) is 0. The number of nitrogens with one attached hydrogen (secondary N) is 1. The smallest absolute Gasteiger partial charge is 0.257 e. The van der Waals surface area contributed by atoms with Crippen molar-refractivity contribution in [2.45, 2.75) is 33.2 Å². The van der Waals surface area contributed by atoms with Gasteiger partial charge in [-0.05, 0) is 30.7 Å². The fourth-order valence-corrected chi connectivity index (χ4v) is 2.15. The Balaban J connectivity index is 2.82. The third kappa shape index (κ3) is 4.96. The maximum absolute atomic E-state index is 12.1. The summed E-state index contributed by atoms with van der Waals surface area (Å²) in [5, 5.41) is 3.01. The molecule has 0 aromatic heterocycles. The van der Waals surface area contributed by atoms with Gasteiger partial charge in [0.1, 0.15) is 0 Å². The molecular formula is C15H21NOS. The molecule has 1 atom stereocenters. The molecule has 98 valence electrons. The molecule has 0 bridgehead atoms. The standard InChI is InChI=1S/C15H21NOS/c1-4-12(3)16-15(17)14(18-5-2)11-13-9-7-6-8-10-13/h6-12H,4-5H2,1-3H3,(H,16,17)/b14-11-. The van der Waals surface area contributed by atoms with Crippen LogP contribution in [0.4, 0.5) is 0 Å². The Morgan fingerprint density at radius 3 is 2.56 bits per heavy atom. The molecule has 0 aliphatic heterocycles. The molecule has 0 heterocycles. The van der Waals surface area contributed by atoms with Crippen molar-refractivity contribution in [1.82, 2.24) is 5.32 Å². The van der Waals surface area contributed by atoms with Crippen LogP contribution in [-0.2, 0) is 4.79 Å². The molecule has 0 fully saturated rings. The minimum atomic E-state index is 0.0278. The summed E-state index contributed by atoms with van der Waals surface area (Å²) in [4.78, 5) is 12.9. The normalized spacial score (nSPS) is 13.2. The highest BCUT2D eigenvalue weighted by Gasteiger charge is 2.11. The van der Waals surface area contributed by atoms with E-state index in [2.05, 4.69) is 19.2 Å². The average Bonchev–Trinajstić information content (AvgIpc) is 2.39. The predicted molar refractivity (Wildman–Crippen MR) is 80.4 cm³/mol. The predicted octanol–water partition coefficient (Wildman–Crippen LogP) is 3.70. The van der Waals surface area contributed by atoms with Gasteiger partial charge < -0.3 is 5.32 Å². The van der Waals surface area contributed by atoms with E-state index in [1.807, 2.05) is 43.3 Å². The Bertz CT molecular complexity index is 400. The van der Waals surface area contributed by atoms with E-state index >= 15 is 0 Å². The maximum Gasteiger partial charge on any atom is 0.257 e. The third-order valence-corrected chi connectivity index (χ3v) is 3.51. The number of hydrogen-bond acceptors (Lipinski definition) is 2.